The largest absolute Gasteiger partial charge is 0.379 e. The molecular formula is C68H104O14. The van der Waals surface area contributed by atoms with Gasteiger partial charge in [-0.1, -0.05) is 173 Å². The van der Waals surface area contributed by atoms with Crippen LogP contribution in [-0.2, 0) is 92.7 Å². The predicted molar refractivity (Wildman–Crippen MR) is 322 cm³/mol. The van der Waals surface area contributed by atoms with E-state index in [1.807, 2.05) is 72.8 Å². The molecule has 1 saturated heterocycles. The van der Waals surface area contributed by atoms with E-state index in [1.54, 1.807) is 0 Å². The van der Waals surface area contributed by atoms with Gasteiger partial charge in [-0.2, -0.15) is 0 Å². The second-order valence-corrected chi connectivity index (χ2v) is 21.0. The number of ether oxygens (including phenoxy) is 14. The second-order valence-electron chi connectivity index (χ2n) is 21.0. The van der Waals surface area contributed by atoms with E-state index in [0.29, 0.717) is 132 Å². The third-order valence-electron chi connectivity index (χ3n) is 14.0. The van der Waals surface area contributed by atoms with Crippen LogP contribution in [0.5, 0.6) is 0 Å². The normalized spacial score (nSPS) is 18.0. The minimum atomic E-state index is -0.357. The molecule has 0 aliphatic carbocycles. The minimum Gasteiger partial charge on any atom is -0.379 e. The van der Waals surface area contributed by atoms with Crippen molar-refractivity contribution in [3.05, 3.63) is 144 Å². The lowest BCUT2D eigenvalue weighted by Crippen LogP contribution is -2.41. The Kier molecular flexibility index (Phi) is 42.7. The molecule has 5 rings (SSSR count). The predicted octanol–water partition coefficient (Wildman–Crippen LogP) is 12.7. The van der Waals surface area contributed by atoms with Gasteiger partial charge in [-0.25, -0.2) is 0 Å². The molecule has 1 aliphatic heterocycles. The van der Waals surface area contributed by atoms with Crippen LogP contribution in [0.25, 0.3) is 0 Å². The van der Waals surface area contributed by atoms with E-state index in [-0.39, 0.29) is 24.4 Å². The zero-order chi connectivity index (χ0) is 56.9. The zero-order valence-electron chi connectivity index (χ0n) is 49.9. The summed E-state index contributed by atoms with van der Waals surface area (Å²) in [6, 6.07) is 41.3. The van der Waals surface area contributed by atoms with Crippen molar-refractivity contribution in [1.82, 2.24) is 0 Å². The molecule has 14 nitrogen and oxygen atoms in total. The highest BCUT2D eigenvalue weighted by Gasteiger charge is 2.26. The molecule has 4 aromatic rings. The van der Waals surface area contributed by atoms with E-state index in [0.717, 1.165) is 129 Å². The SMILES string of the molecule is c1ccc(COCCCCCCOC[C@H]2OCCOCCO[C@H](COCCCCCCOCc3ccccc3)[C@@H](COCCCCCCOCc3ccccc3)OCCOCCO[C@@H]2COCCCCCCOCc2ccccc2)cc1. The number of rotatable bonds is 44. The Morgan fingerprint density at radius 2 is 0.427 bits per heavy atom. The topological polar surface area (TPSA) is 129 Å². The Morgan fingerprint density at radius 1 is 0.232 bits per heavy atom. The van der Waals surface area contributed by atoms with Gasteiger partial charge < -0.3 is 66.3 Å². The summed E-state index contributed by atoms with van der Waals surface area (Å²) in [7, 11) is 0. The Labute approximate surface area is 493 Å². The zero-order valence-corrected chi connectivity index (χ0v) is 49.9. The smallest absolute Gasteiger partial charge is 0.109 e. The minimum absolute atomic E-state index is 0.357. The molecule has 4 aromatic carbocycles. The Bertz CT molecular complexity index is 1670. The van der Waals surface area contributed by atoms with E-state index >= 15 is 0 Å². The summed E-state index contributed by atoms with van der Waals surface area (Å²) in [6.07, 6.45) is 15.1. The van der Waals surface area contributed by atoms with Gasteiger partial charge in [0.2, 0.25) is 0 Å². The van der Waals surface area contributed by atoms with Crippen LogP contribution in [0, 0.1) is 0 Å². The molecule has 460 valence electrons. The average molecular weight is 1150 g/mol. The lowest BCUT2D eigenvalue weighted by molar-refractivity contribution is -0.153. The molecule has 1 aliphatic rings. The second kappa shape index (κ2) is 50.6. The highest BCUT2D eigenvalue weighted by molar-refractivity contribution is 5.15. The Morgan fingerprint density at radius 3 is 0.634 bits per heavy atom. The molecule has 1 heterocycles. The maximum Gasteiger partial charge on any atom is 0.109 e. The first kappa shape index (κ1) is 69.1. The molecular weight excluding hydrogens is 1040 g/mol. The van der Waals surface area contributed by atoms with Crippen molar-refractivity contribution < 1.29 is 66.3 Å². The quantitative estimate of drug-likeness (QED) is 0.0390. The molecule has 82 heavy (non-hydrogen) atoms. The van der Waals surface area contributed by atoms with Crippen LogP contribution in [-0.4, -0.2) is 157 Å². The fourth-order valence-electron chi connectivity index (χ4n) is 9.19. The Hall–Kier alpha value is -3.68. The molecule has 1 fully saturated rings. The van der Waals surface area contributed by atoms with E-state index in [4.69, 9.17) is 66.3 Å². The van der Waals surface area contributed by atoms with Gasteiger partial charge in [0.05, 0.1) is 106 Å². The van der Waals surface area contributed by atoms with Gasteiger partial charge in [-0.3, -0.25) is 0 Å². The molecule has 0 aromatic heterocycles. The summed E-state index contributed by atoms with van der Waals surface area (Å²) >= 11 is 0. The van der Waals surface area contributed by atoms with Crippen molar-refractivity contribution in [1.29, 1.82) is 0 Å². The summed E-state index contributed by atoms with van der Waals surface area (Å²) in [6.45, 7) is 12.7. The number of benzene rings is 4. The van der Waals surface area contributed by atoms with Crippen LogP contribution in [0.3, 0.4) is 0 Å². The van der Waals surface area contributed by atoms with Gasteiger partial charge in [-0.15, -0.1) is 0 Å². The van der Waals surface area contributed by atoms with Crippen LogP contribution in [0.4, 0.5) is 0 Å². The van der Waals surface area contributed by atoms with Crippen LogP contribution in [0.15, 0.2) is 121 Å². The summed E-state index contributed by atoms with van der Waals surface area (Å²) in [5.74, 6) is 0. The van der Waals surface area contributed by atoms with Crippen LogP contribution < -0.4 is 0 Å². The van der Waals surface area contributed by atoms with E-state index in [1.165, 1.54) is 22.3 Å². The maximum absolute atomic E-state index is 6.52. The summed E-state index contributed by atoms with van der Waals surface area (Å²) in [5.41, 5.74) is 4.81. The fourth-order valence-corrected chi connectivity index (χ4v) is 9.19. The first-order valence-electron chi connectivity index (χ1n) is 31.2. The summed E-state index contributed by atoms with van der Waals surface area (Å²) in [5, 5.41) is 0. The fraction of sp³-hybridized carbons (Fsp3) is 0.647. The summed E-state index contributed by atoms with van der Waals surface area (Å²) < 4.78 is 87.0. The molecule has 4 atom stereocenters. The molecule has 0 N–H and O–H groups in total. The van der Waals surface area contributed by atoms with E-state index in [9.17, 15) is 0 Å². The molecule has 0 spiro atoms. The van der Waals surface area contributed by atoms with Gasteiger partial charge >= 0.3 is 0 Å². The van der Waals surface area contributed by atoms with Gasteiger partial charge in [0.15, 0.2) is 0 Å². The van der Waals surface area contributed by atoms with E-state index < -0.39 is 0 Å². The summed E-state index contributed by atoms with van der Waals surface area (Å²) in [4.78, 5) is 0. The number of unbranched alkanes of at least 4 members (excludes halogenated alkanes) is 12. The first-order chi connectivity index (χ1) is 40.8. The van der Waals surface area contributed by atoms with Gasteiger partial charge in [0.1, 0.15) is 24.4 Å². The van der Waals surface area contributed by atoms with E-state index in [2.05, 4.69) is 48.5 Å². The van der Waals surface area contributed by atoms with Crippen molar-refractivity contribution in [2.45, 2.75) is 154 Å². The van der Waals surface area contributed by atoms with Gasteiger partial charge in [0, 0.05) is 52.9 Å². The van der Waals surface area contributed by atoms with Crippen LogP contribution >= 0.6 is 0 Å². The molecule has 0 radical (unpaired) electrons. The van der Waals surface area contributed by atoms with Gasteiger partial charge in [-0.05, 0) is 73.6 Å². The third-order valence-corrected chi connectivity index (χ3v) is 14.0. The lowest BCUT2D eigenvalue weighted by Gasteiger charge is -2.29. The molecule has 0 amide bonds. The standard InChI is InChI=1S/C68H104O14/c1(21-37-71-53-61-29-13-9-14-30-61)5-25-41-75-57-65-66(58-76-42-26-6-2-22-38-72-54-62-31-15-10-16-32-62)80-50-46-70-48-52-82-68(60-78-44-28-8-4-24-40-74-56-64-35-19-12-20-36-64)67(81-51-47-69-45-49-79-65)59-77-43-27-7-3-23-39-73-55-63-33-17-11-18-34-63/h9-20,29-36,65-68H,1-8,21-28,37-60H2/t65-,66-,67-,68-/m1/s1. The monoisotopic (exact) mass is 1140 g/mol. The third kappa shape index (κ3) is 36.9. The number of hydrogen-bond acceptors (Lipinski definition) is 14. The molecule has 14 heteroatoms. The van der Waals surface area contributed by atoms with Crippen molar-refractivity contribution in [2.24, 2.45) is 0 Å². The Balaban J connectivity index is 1.05. The molecule has 0 unspecified atom stereocenters. The van der Waals surface area contributed by atoms with Crippen molar-refractivity contribution in [3.63, 3.8) is 0 Å². The number of hydrogen-bond donors (Lipinski definition) is 0. The van der Waals surface area contributed by atoms with Crippen LogP contribution in [0.2, 0.25) is 0 Å². The molecule has 0 saturated carbocycles. The maximum atomic E-state index is 6.52. The van der Waals surface area contributed by atoms with Crippen molar-refractivity contribution >= 4 is 0 Å². The van der Waals surface area contributed by atoms with Crippen molar-refractivity contribution in [3.8, 4) is 0 Å². The molecule has 0 bridgehead atoms. The lowest BCUT2D eigenvalue weighted by atomic mass is 10.2. The average Bonchev–Trinajstić information content (AvgIpc) is 3.51. The van der Waals surface area contributed by atoms with Crippen LogP contribution in [0.1, 0.15) is 125 Å². The highest BCUT2D eigenvalue weighted by atomic mass is 16.6. The highest BCUT2D eigenvalue weighted by Crippen LogP contribution is 2.14. The van der Waals surface area contributed by atoms with Crippen molar-refractivity contribution in [2.75, 3.05) is 132 Å². The van der Waals surface area contributed by atoms with Gasteiger partial charge in [0.25, 0.3) is 0 Å². The first-order valence-corrected chi connectivity index (χ1v) is 31.2.